The van der Waals surface area contributed by atoms with E-state index in [9.17, 15) is 23.6 Å². The summed E-state index contributed by atoms with van der Waals surface area (Å²) in [7, 11) is 0. The number of anilines is 1. The van der Waals surface area contributed by atoms with Crippen molar-refractivity contribution in [3.8, 4) is 0 Å². The molecule has 2 atom stereocenters. The summed E-state index contributed by atoms with van der Waals surface area (Å²) in [5, 5.41) is 5.42. The summed E-state index contributed by atoms with van der Waals surface area (Å²) in [6.07, 6.45) is 4.01. The molecule has 0 bridgehead atoms. The lowest BCUT2D eigenvalue weighted by atomic mass is 9.88. The van der Waals surface area contributed by atoms with Gasteiger partial charge in [-0.2, -0.15) is 0 Å². The van der Waals surface area contributed by atoms with E-state index in [0.29, 0.717) is 31.5 Å². The largest absolute Gasteiger partial charge is 0.374 e. The summed E-state index contributed by atoms with van der Waals surface area (Å²) in [5.74, 6) is -1.82. The number of hydrogen-bond acceptors (Lipinski definition) is 7. The average molecular weight is 683 g/mol. The zero-order chi connectivity index (χ0) is 35.8. The van der Waals surface area contributed by atoms with E-state index < -0.39 is 35.3 Å². The van der Waals surface area contributed by atoms with E-state index in [0.717, 1.165) is 16.7 Å². The van der Waals surface area contributed by atoms with Crippen LogP contribution < -0.4 is 16.4 Å². The number of imidazole rings is 1. The highest BCUT2D eigenvalue weighted by Crippen LogP contribution is 2.28. The number of halogens is 1. The number of ketones is 1. The lowest BCUT2D eigenvalue weighted by molar-refractivity contribution is -0.134. The number of likely N-dealkylation sites (tertiary alicyclic amines) is 1. The minimum absolute atomic E-state index is 0.0582. The van der Waals surface area contributed by atoms with Gasteiger partial charge in [-0.25, -0.2) is 9.37 Å². The highest BCUT2D eigenvalue weighted by molar-refractivity contribution is 5.98. The Kier molecular flexibility index (Phi) is 11.6. The molecule has 5 rings (SSSR count). The molecule has 3 amide bonds. The topological polar surface area (TPSA) is 149 Å². The molecule has 50 heavy (non-hydrogen) atoms. The van der Waals surface area contributed by atoms with Gasteiger partial charge in [0.2, 0.25) is 11.8 Å². The van der Waals surface area contributed by atoms with Crippen LogP contribution in [-0.2, 0) is 25.7 Å². The highest BCUT2D eigenvalue weighted by atomic mass is 19.1. The molecule has 1 aliphatic heterocycles. The number of aromatic nitrogens is 2. The Morgan fingerprint density at radius 3 is 2.28 bits per heavy atom. The van der Waals surface area contributed by atoms with Crippen LogP contribution in [0.4, 0.5) is 10.2 Å². The number of amides is 3. The number of carbonyl (C=O) groups is 4. The van der Waals surface area contributed by atoms with Crippen LogP contribution in [0.15, 0.2) is 91.4 Å². The molecule has 3 aromatic carbocycles. The third-order valence-electron chi connectivity index (χ3n) is 8.69. The third-order valence-corrected chi connectivity index (χ3v) is 8.69. The van der Waals surface area contributed by atoms with Gasteiger partial charge >= 0.3 is 0 Å². The number of aryl methyl sites for hydroxylation is 1. The third kappa shape index (κ3) is 9.27. The first-order chi connectivity index (χ1) is 23.9. The molecule has 1 aromatic heterocycles. The van der Waals surface area contributed by atoms with Gasteiger partial charge in [0.25, 0.3) is 5.91 Å². The van der Waals surface area contributed by atoms with Crippen LogP contribution in [0.2, 0.25) is 0 Å². The Morgan fingerprint density at radius 1 is 0.980 bits per heavy atom. The molecular formula is C38H43FN6O5. The quantitative estimate of drug-likeness (QED) is 0.177. The van der Waals surface area contributed by atoms with Crippen molar-refractivity contribution in [2.75, 3.05) is 25.0 Å². The van der Waals surface area contributed by atoms with E-state index in [1.807, 2.05) is 61.5 Å². The highest BCUT2D eigenvalue weighted by Gasteiger charge is 2.34. The summed E-state index contributed by atoms with van der Waals surface area (Å²) >= 11 is 0. The molecule has 1 unspecified atom stereocenters. The fourth-order valence-electron chi connectivity index (χ4n) is 5.73. The van der Waals surface area contributed by atoms with Gasteiger partial charge in [0.05, 0.1) is 25.1 Å². The zero-order valence-corrected chi connectivity index (χ0v) is 28.5. The van der Waals surface area contributed by atoms with Crippen LogP contribution >= 0.6 is 0 Å². The first kappa shape index (κ1) is 36.1. The fraction of sp³-hybridized carbons (Fsp3) is 0.342. The predicted molar refractivity (Wildman–Crippen MR) is 187 cm³/mol. The first-order valence-electron chi connectivity index (χ1n) is 16.6. The van der Waals surface area contributed by atoms with Crippen LogP contribution in [0, 0.1) is 18.7 Å². The molecular weight excluding hydrogens is 639 g/mol. The van der Waals surface area contributed by atoms with Crippen molar-refractivity contribution in [3.05, 3.63) is 119 Å². The Morgan fingerprint density at radius 2 is 1.64 bits per heavy atom. The monoisotopic (exact) mass is 682 g/mol. The molecule has 1 aliphatic rings. The Balaban J connectivity index is 1.29. The number of piperidine rings is 1. The van der Waals surface area contributed by atoms with Gasteiger partial charge in [0.1, 0.15) is 17.9 Å². The number of nitrogens with two attached hydrogens (primary N) is 1. The summed E-state index contributed by atoms with van der Waals surface area (Å²) in [5.41, 5.74) is 7.87. The minimum Gasteiger partial charge on any atom is -0.374 e. The number of hydrogen-bond donors (Lipinski definition) is 3. The fourth-order valence-corrected chi connectivity index (χ4v) is 5.73. The lowest BCUT2D eigenvalue weighted by Crippen LogP contribution is -2.56. The molecule has 12 heteroatoms. The van der Waals surface area contributed by atoms with Crippen LogP contribution in [-0.4, -0.2) is 69.2 Å². The molecule has 1 saturated heterocycles. The van der Waals surface area contributed by atoms with E-state index in [-0.39, 0.29) is 36.6 Å². The maximum atomic E-state index is 14.1. The number of carbonyl (C=O) groups excluding carboxylic acids is 4. The van der Waals surface area contributed by atoms with Crippen molar-refractivity contribution in [1.29, 1.82) is 0 Å². The number of rotatable bonds is 13. The summed E-state index contributed by atoms with van der Waals surface area (Å²) in [6.45, 7) is 5.90. The number of ether oxygens (including phenoxy) is 1. The standard InChI is InChI=1S/C38H43FN6O5/c1-25-9-11-27(12-10-25)33(36(48)44-19-17-29(18-20-44)34(46)28-13-15-30(39)16-14-28)45-21-32(41-24-45)43-35(47)31(42-37(49)38(2,3)40)23-50-22-26-7-5-4-6-8-26/h4-16,21,24,29,31,33H,17-20,22-23,40H2,1-3H3,(H,42,49)(H,43,47)/t31-,33?/m1/s1. The Hall–Kier alpha value is -5.20. The normalized spacial score (nSPS) is 14.9. The SMILES string of the molecule is Cc1ccc(C(C(=O)N2CCC(C(=O)c3ccc(F)cc3)CC2)n2cnc(NC(=O)[C@@H](COCc3ccccc3)NC(=O)C(C)(C)N)c2)cc1. The number of benzene rings is 3. The van der Waals surface area contributed by atoms with E-state index in [2.05, 4.69) is 15.6 Å². The van der Waals surface area contributed by atoms with E-state index in [1.165, 1.54) is 44.4 Å². The van der Waals surface area contributed by atoms with Gasteiger partial charge < -0.3 is 30.6 Å². The minimum atomic E-state index is -1.23. The number of Topliss-reactive ketones (excluding diaryl/α,β-unsaturated/α-hetero) is 1. The lowest BCUT2D eigenvalue weighted by Gasteiger charge is -2.34. The van der Waals surface area contributed by atoms with Crippen molar-refractivity contribution in [2.24, 2.45) is 11.7 Å². The maximum absolute atomic E-state index is 14.1. The smallest absolute Gasteiger partial charge is 0.250 e. The summed E-state index contributed by atoms with van der Waals surface area (Å²) in [6, 6.07) is 20.7. The van der Waals surface area contributed by atoms with Crippen LogP contribution in [0.3, 0.4) is 0 Å². The van der Waals surface area contributed by atoms with Gasteiger partial charge in [-0.1, -0.05) is 60.2 Å². The molecule has 0 spiro atoms. The second kappa shape index (κ2) is 16.0. The van der Waals surface area contributed by atoms with Crippen LogP contribution in [0.25, 0.3) is 0 Å². The van der Waals surface area contributed by atoms with Crippen molar-refractivity contribution < 1.29 is 28.3 Å². The van der Waals surface area contributed by atoms with Crippen molar-refractivity contribution >= 4 is 29.3 Å². The molecule has 262 valence electrons. The zero-order valence-electron chi connectivity index (χ0n) is 28.5. The molecule has 0 radical (unpaired) electrons. The Labute approximate surface area is 291 Å². The van der Waals surface area contributed by atoms with Crippen molar-refractivity contribution in [2.45, 2.75) is 57.8 Å². The van der Waals surface area contributed by atoms with Crippen LogP contribution in [0.5, 0.6) is 0 Å². The molecule has 11 nitrogen and oxygen atoms in total. The van der Waals surface area contributed by atoms with Crippen molar-refractivity contribution in [1.82, 2.24) is 19.8 Å². The van der Waals surface area contributed by atoms with Gasteiger partial charge in [-0.15, -0.1) is 0 Å². The maximum Gasteiger partial charge on any atom is 0.250 e. The summed E-state index contributed by atoms with van der Waals surface area (Å²) < 4.78 is 20.8. The van der Waals surface area contributed by atoms with Gasteiger partial charge in [-0.05, 0) is 69.0 Å². The summed E-state index contributed by atoms with van der Waals surface area (Å²) in [4.78, 5) is 59.5. The molecule has 1 fully saturated rings. The average Bonchev–Trinajstić information content (AvgIpc) is 3.56. The van der Waals surface area contributed by atoms with E-state index in [1.54, 1.807) is 15.7 Å². The molecule has 2 heterocycles. The second-order valence-corrected chi connectivity index (χ2v) is 13.2. The molecule has 0 aliphatic carbocycles. The van der Waals surface area contributed by atoms with Crippen molar-refractivity contribution in [3.63, 3.8) is 0 Å². The van der Waals surface area contributed by atoms with Gasteiger partial charge in [-0.3, -0.25) is 19.2 Å². The van der Waals surface area contributed by atoms with Crippen LogP contribution in [0.1, 0.15) is 59.8 Å². The predicted octanol–water partition coefficient (Wildman–Crippen LogP) is 4.42. The number of nitrogens with one attached hydrogen (secondary N) is 2. The van der Waals surface area contributed by atoms with Gasteiger partial charge in [0, 0.05) is 30.8 Å². The first-order valence-corrected chi connectivity index (χ1v) is 16.6. The van der Waals surface area contributed by atoms with E-state index >= 15 is 0 Å². The Bertz CT molecular complexity index is 1780. The molecule has 4 N–H and O–H groups in total. The van der Waals surface area contributed by atoms with E-state index in [4.69, 9.17) is 10.5 Å². The molecule has 0 saturated carbocycles. The second-order valence-electron chi connectivity index (χ2n) is 13.2. The molecule has 4 aromatic rings. The number of nitrogens with zero attached hydrogens (tertiary/aromatic N) is 3. The van der Waals surface area contributed by atoms with Gasteiger partial charge in [0.15, 0.2) is 11.6 Å².